The summed E-state index contributed by atoms with van der Waals surface area (Å²) < 4.78 is 38.0. The molecular formula is C19H26N2O6S. The second kappa shape index (κ2) is 9.39. The van der Waals surface area contributed by atoms with Crippen molar-refractivity contribution in [1.29, 1.82) is 0 Å². The van der Waals surface area contributed by atoms with Crippen LogP contribution in [0.3, 0.4) is 0 Å². The Balaban J connectivity index is 2.16. The van der Waals surface area contributed by atoms with Crippen molar-refractivity contribution in [3.8, 4) is 17.6 Å². The SMILES string of the molecule is CNC(C)C#CCOc1ccc(S(=O)(=O)N2CC(C)OC(C)C2C(=O)O)cc1. The first-order chi connectivity index (χ1) is 13.2. The molecule has 0 spiro atoms. The molecule has 0 bridgehead atoms. The molecule has 1 aliphatic heterocycles. The van der Waals surface area contributed by atoms with Gasteiger partial charge in [-0.15, -0.1) is 0 Å². The van der Waals surface area contributed by atoms with Crippen molar-refractivity contribution in [2.75, 3.05) is 20.2 Å². The van der Waals surface area contributed by atoms with Gasteiger partial charge in [0.05, 0.1) is 23.1 Å². The highest BCUT2D eigenvalue weighted by atomic mass is 32.2. The summed E-state index contributed by atoms with van der Waals surface area (Å²) in [5.74, 6) is 5.05. The van der Waals surface area contributed by atoms with Crippen molar-refractivity contribution in [1.82, 2.24) is 9.62 Å². The predicted molar refractivity (Wildman–Crippen MR) is 104 cm³/mol. The number of ether oxygens (including phenoxy) is 2. The Morgan fingerprint density at radius 2 is 2.04 bits per heavy atom. The molecule has 0 amide bonds. The van der Waals surface area contributed by atoms with Crippen molar-refractivity contribution in [3.05, 3.63) is 24.3 Å². The monoisotopic (exact) mass is 410 g/mol. The fourth-order valence-corrected chi connectivity index (χ4v) is 4.60. The number of sulfonamides is 1. The van der Waals surface area contributed by atoms with Crippen LogP contribution < -0.4 is 10.1 Å². The molecule has 154 valence electrons. The van der Waals surface area contributed by atoms with Gasteiger partial charge in [-0.2, -0.15) is 4.31 Å². The summed E-state index contributed by atoms with van der Waals surface area (Å²) in [4.78, 5) is 11.6. The van der Waals surface area contributed by atoms with Crippen LogP contribution in [-0.4, -0.2) is 68.3 Å². The van der Waals surface area contributed by atoms with E-state index < -0.39 is 34.2 Å². The Hall–Kier alpha value is -2.12. The smallest absolute Gasteiger partial charge is 0.324 e. The van der Waals surface area contributed by atoms with E-state index in [1.165, 1.54) is 24.3 Å². The van der Waals surface area contributed by atoms with Crippen molar-refractivity contribution in [2.45, 2.75) is 50.0 Å². The number of carbonyl (C=O) groups is 1. The molecule has 1 saturated heterocycles. The summed E-state index contributed by atoms with van der Waals surface area (Å²) in [6.45, 7) is 5.34. The van der Waals surface area contributed by atoms with E-state index in [1.807, 2.05) is 14.0 Å². The zero-order chi connectivity index (χ0) is 20.9. The highest BCUT2D eigenvalue weighted by molar-refractivity contribution is 7.89. The lowest BCUT2D eigenvalue weighted by molar-refractivity contribution is -0.155. The number of carboxylic acids is 1. The number of nitrogens with one attached hydrogen (secondary N) is 1. The lowest BCUT2D eigenvalue weighted by atomic mass is 10.1. The van der Waals surface area contributed by atoms with Gasteiger partial charge in [0.15, 0.2) is 0 Å². The molecule has 9 heteroatoms. The van der Waals surface area contributed by atoms with E-state index in [-0.39, 0.29) is 24.1 Å². The van der Waals surface area contributed by atoms with Crippen molar-refractivity contribution >= 4 is 16.0 Å². The Morgan fingerprint density at radius 1 is 1.39 bits per heavy atom. The topological polar surface area (TPSA) is 105 Å². The third kappa shape index (κ3) is 5.23. The van der Waals surface area contributed by atoms with E-state index in [4.69, 9.17) is 9.47 Å². The van der Waals surface area contributed by atoms with Gasteiger partial charge in [0.1, 0.15) is 18.4 Å². The molecule has 1 heterocycles. The molecule has 2 N–H and O–H groups in total. The van der Waals surface area contributed by atoms with Gasteiger partial charge in [0.25, 0.3) is 0 Å². The Morgan fingerprint density at radius 3 is 2.61 bits per heavy atom. The molecule has 0 radical (unpaired) electrons. The number of aliphatic carboxylic acids is 1. The van der Waals surface area contributed by atoms with E-state index >= 15 is 0 Å². The lowest BCUT2D eigenvalue weighted by Gasteiger charge is -2.39. The maximum atomic E-state index is 13.0. The zero-order valence-corrected chi connectivity index (χ0v) is 17.2. The molecule has 1 fully saturated rings. The van der Waals surface area contributed by atoms with Gasteiger partial charge < -0.3 is 19.9 Å². The van der Waals surface area contributed by atoms with Gasteiger partial charge in [-0.1, -0.05) is 11.8 Å². The molecule has 1 aliphatic rings. The van der Waals surface area contributed by atoms with Crippen LogP contribution in [0.5, 0.6) is 5.75 Å². The number of benzene rings is 1. The molecular weight excluding hydrogens is 384 g/mol. The summed E-state index contributed by atoms with van der Waals surface area (Å²) >= 11 is 0. The van der Waals surface area contributed by atoms with Crippen LogP contribution in [0.2, 0.25) is 0 Å². The van der Waals surface area contributed by atoms with Crippen LogP contribution in [0, 0.1) is 11.8 Å². The highest BCUT2D eigenvalue weighted by Crippen LogP contribution is 2.27. The standard InChI is InChI=1S/C19H26N2O6S/c1-13(20-4)6-5-11-26-16-7-9-17(10-8-16)28(24,25)21-12-14(2)27-15(3)18(21)19(22)23/h7-10,13-15,18,20H,11-12H2,1-4H3,(H,22,23). The summed E-state index contributed by atoms with van der Waals surface area (Å²) in [5, 5.41) is 12.5. The van der Waals surface area contributed by atoms with Crippen molar-refractivity contribution < 1.29 is 27.8 Å². The highest BCUT2D eigenvalue weighted by Gasteiger charge is 2.44. The summed E-state index contributed by atoms with van der Waals surface area (Å²) in [6.07, 6.45) is -1.15. The first-order valence-electron chi connectivity index (χ1n) is 8.95. The first kappa shape index (κ1) is 22.2. The number of hydrogen-bond acceptors (Lipinski definition) is 6. The van der Waals surface area contributed by atoms with Crippen molar-refractivity contribution in [3.63, 3.8) is 0 Å². The van der Waals surface area contributed by atoms with Gasteiger partial charge in [-0.25, -0.2) is 8.42 Å². The first-order valence-corrected chi connectivity index (χ1v) is 10.4. The molecule has 1 aromatic rings. The van der Waals surface area contributed by atoms with Crippen LogP contribution in [-0.2, 0) is 19.6 Å². The van der Waals surface area contributed by atoms with Crippen LogP contribution in [0.4, 0.5) is 0 Å². The zero-order valence-electron chi connectivity index (χ0n) is 16.4. The Bertz CT molecular complexity index is 843. The maximum absolute atomic E-state index is 13.0. The van der Waals surface area contributed by atoms with Gasteiger partial charge in [0, 0.05) is 6.54 Å². The third-order valence-electron chi connectivity index (χ3n) is 4.38. The molecule has 4 atom stereocenters. The van der Waals surface area contributed by atoms with Crippen LogP contribution in [0.1, 0.15) is 20.8 Å². The largest absolute Gasteiger partial charge is 0.481 e. The molecule has 1 aromatic carbocycles. The van der Waals surface area contributed by atoms with E-state index in [1.54, 1.807) is 13.8 Å². The van der Waals surface area contributed by atoms with E-state index in [0.29, 0.717) is 5.75 Å². The van der Waals surface area contributed by atoms with Gasteiger partial charge in [-0.05, 0) is 52.1 Å². The number of morpholine rings is 1. The fraction of sp³-hybridized carbons (Fsp3) is 0.526. The average molecular weight is 410 g/mol. The summed E-state index contributed by atoms with van der Waals surface area (Å²) in [7, 11) is -2.19. The molecule has 4 unspecified atom stereocenters. The van der Waals surface area contributed by atoms with Crippen LogP contribution >= 0.6 is 0 Å². The fourth-order valence-electron chi connectivity index (χ4n) is 2.89. The second-order valence-electron chi connectivity index (χ2n) is 6.60. The van der Waals surface area contributed by atoms with Gasteiger partial charge in [-0.3, -0.25) is 4.79 Å². The molecule has 0 aromatic heterocycles. The normalized spacial score (nSPS) is 24.1. The third-order valence-corrected chi connectivity index (χ3v) is 6.25. The lowest BCUT2D eigenvalue weighted by Crippen LogP contribution is -2.58. The maximum Gasteiger partial charge on any atom is 0.324 e. The van der Waals surface area contributed by atoms with E-state index in [2.05, 4.69) is 17.2 Å². The van der Waals surface area contributed by atoms with Gasteiger partial charge >= 0.3 is 5.97 Å². The molecule has 0 aliphatic carbocycles. The van der Waals surface area contributed by atoms with Gasteiger partial charge in [0.2, 0.25) is 10.0 Å². The van der Waals surface area contributed by atoms with Crippen LogP contribution in [0.15, 0.2) is 29.2 Å². The molecule has 28 heavy (non-hydrogen) atoms. The summed E-state index contributed by atoms with van der Waals surface area (Å²) in [5.41, 5.74) is 0. The number of nitrogens with zero attached hydrogens (tertiary/aromatic N) is 1. The van der Waals surface area contributed by atoms with E-state index in [9.17, 15) is 18.3 Å². The molecule has 0 saturated carbocycles. The summed E-state index contributed by atoms with van der Waals surface area (Å²) in [6, 6.07) is 4.63. The second-order valence-corrected chi connectivity index (χ2v) is 8.49. The molecule has 8 nitrogen and oxygen atoms in total. The number of rotatable bonds is 6. The van der Waals surface area contributed by atoms with E-state index in [0.717, 1.165) is 4.31 Å². The quantitative estimate of drug-likeness (QED) is 0.672. The molecule has 2 rings (SSSR count). The minimum Gasteiger partial charge on any atom is -0.481 e. The minimum absolute atomic E-state index is 0.00212. The van der Waals surface area contributed by atoms with Crippen LogP contribution in [0.25, 0.3) is 0 Å². The Kier molecular flexibility index (Phi) is 7.43. The van der Waals surface area contributed by atoms with Crippen molar-refractivity contribution in [2.24, 2.45) is 0 Å². The Labute approximate surface area is 165 Å². The predicted octanol–water partition coefficient (Wildman–Crippen LogP) is 0.928. The number of carboxylic acid groups (broad SMARTS) is 1. The number of hydrogen-bond donors (Lipinski definition) is 2. The minimum atomic E-state index is -4.00. The average Bonchev–Trinajstić information content (AvgIpc) is 2.64.